The van der Waals surface area contributed by atoms with Gasteiger partial charge in [-0.25, -0.2) is 0 Å². The van der Waals surface area contributed by atoms with Crippen molar-refractivity contribution in [3.8, 4) is 23.0 Å². The number of methoxy groups -OCH3 is 1. The molecule has 0 aliphatic carbocycles. The van der Waals surface area contributed by atoms with E-state index in [4.69, 9.17) is 18.9 Å². The average molecular weight is 428 g/mol. The first-order valence-electron chi connectivity index (χ1n) is 10.3. The van der Waals surface area contributed by atoms with Gasteiger partial charge in [0.1, 0.15) is 0 Å². The van der Waals surface area contributed by atoms with Crippen LogP contribution in [0.2, 0.25) is 0 Å². The fourth-order valence-corrected chi connectivity index (χ4v) is 3.25. The van der Waals surface area contributed by atoms with Gasteiger partial charge in [0.05, 0.1) is 13.7 Å². The lowest BCUT2D eigenvalue weighted by Gasteiger charge is -2.34. The highest BCUT2D eigenvalue weighted by molar-refractivity contribution is 5.80. The van der Waals surface area contributed by atoms with Gasteiger partial charge in [-0.2, -0.15) is 0 Å². The van der Waals surface area contributed by atoms with E-state index in [1.165, 1.54) is 0 Å². The maximum absolute atomic E-state index is 12.5. The van der Waals surface area contributed by atoms with Crippen LogP contribution in [0.15, 0.2) is 48.5 Å². The van der Waals surface area contributed by atoms with Gasteiger partial charge in [-0.15, -0.1) is 0 Å². The molecular formula is C23H28N2O6. The van der Waals surface area contributed by atoms with Crippen molar-refractivity contribution in [2.24, 2.45) is 0 Å². The lowest BCUT2D eigenvalue weighted by Crippen LogP contribution is -2.52. The lowest BCUT2D eigenvalue weighted by atomic mass is 10.3. The Kier molecular flexibility index (Phi) is 7.98. The van der Waals surface area contributed by atoms with E-state index in [9.17, 15) is 9.59 Å². The summed E-state index contributed by atoms with van der Waals surface area (Å²) in [5, 5.41) is 0. The van der Waals surface area contributed by atoms with E-state index in [0.717, 1.165) is 0 Å². The first-order chi connectivity index (χ1) is 15.1. The normalized spacial score (nSPS) is 13.5. The van der Waals surface area contributed by atoms with Crippen molar-refractivity contribution in [3.63, 3.8) is 0 Å². The molecule has 2 aromatic rings. The van der Waals surface area contributed by atoms with Crippen LogP contribution in [-0.2, 0) is 9.59 Å². The van der Waals surface area contributed by atoms with E-state index in [-0.39, 0.29) is 25.0 Å². The summed E-state index contributed by atoms with van der Waals surface area (Å²) >= 11 is 0. The number of carbonyl (C=O) groups excluding carboxylic acids is 2. The summed E-state index contributed by atoms with van der Waals surface area (Å²) in [7, 11) is 1.55. The summed E-state index contributed by atoms with van der Waals surface area (Å²) in [6.07, 6.45) is 0. The Morgan fingerprint density at radius 1 is 0.710 bits per heavy atom. The first-order valence-corrected chi connectivity index (χ1v) is 10.3. The van der Waals surface area contributed by atoms with Crippen LogP contribution in [-0.4, -0.2) is 74.7 Å². The first kappa shape index (κ1) is 22.3. The van der Waals surface area contributed by atoms with Gasteiger partial charge in [0, 0.05) is 26.2 Å². The quantitative estimate of drug-likeness (QED) is 0.610. The van der Waals surface area contributed by atoms with Crippen molar-refractivity contribution in [2.75, 3.05) is 53.1 Å². The molecule has 1 aliphatic rings. The minimum atomic E-state index is -0.125. The van der Waals surface area contributed by atoms with Crippen LogP contribution in [0.4, 0.5) is 0 Å². The number of carbonyl (C=O) groups is 2. The maximum atomic E-state index is 12.5. The highest BCUT2D eigenvalue weighted by Gasteiger charge is 2.25. The Hall–Kier alpha value is -3.42. The zero-order chi connectivity index (χ0) is 22.1. The minimum Gasteiger partial charge on any atom is -0.493 e. The highest BCUT2D eigenvalue weighted by Crippen LogP contribution is 2.27. The van der Waals surface area contributed by atoms with Crippen LogP contribution >= 0.6 is 0 Å². The molecule has 0 N–H and O–H groups in total. The summed E-state index contributed by atoms with van der Waals surface area (Å²) < 4.78 is 22.0. The van der Waals surface area contributed by atoms with E-state index >= 15 is 0 Å². The largest absolute Gasteiger partial charge is 0.493 e. The predicted molar refractivity (Wildman–Crippen MR) is 115 cm³/mol. The van der Waals surface area contributed by atoms with Gasteiger partial charge < -0.3 is 28.7 Å². The molecule has 0 radical (unpaired) electrons. The van der Waals surface area contributed by atoms with E-state index < -0.39 is 0 Å². The smallest absolute Gasteiger partial charge is 0.260 e. The van der Waals surface area contributed by atoms with Crippen LogP contribution in [0, 0.1) is 0 Å². The SMILES string of the molecule is CCOc1ccccc1OCC(=O)N1CCN(C(=O)COc2ccccc2OC)CC1. The summed E-state index contributed by atoms with van der Waals surface area (Å²) in [4.78, 5) is 28.4. The monoisotopic (exact) mass is 428 g/mol. The van der Waals surface area contributed by atoms with Crippen LogP contribution < -0.4 is 18.9 Å². The third kappa shape index (κ3) is 6.04. The summed E-state index contributed by atoms with van der Waals surface area (Å²) in [5.41, 5.74) is 0. The number of para-hydroxylation sites is 4. The Morgan fingerprint density at radius 3 is 1.52 bits per heavy atom. The third-order valence-electron chi connectivity index (χ3n) is 4.91. The molecular weight excluding hydrogens is 400 g/mol. The molecule has 2 amide bonds. The van der Waals surface area contributed by atoms with Crippen molar-refractivity contribution in [3.05, 3.63) is 48.5 Å². The van der Waals surface area contributed by atoms with E-state index in [0.29, 0.717) is 55.8 Å². The molecule has 2 aromatic carbocycles. The van der Waals surface area contributed by atoms with Crippen molar-refractivity contribution >= 4 is 11.8 Å². The number of hydrogen-bond donors (Lipinski definition) is 0. The summed E-state index contributed by atoms with van der Waals surface area (Å²) in [5.74, 6) is 2.01. The molecule has 8 nitrogen and oxygen atoms in total. The molecule has 1 fully saturated rings. The van der Waals surface area contributed by atoms with Gasteiger partial charge in [-0.05, 0) is 31.2 Å². The number of rotatable bonds is 9. The van der Waals surface area contributed by atoms with Crippen molar-refractivity contribution in [1.82, 2.24) is 9.80 Å². The van der Waals surface area contributed by atoms with Crippen LogP contribution in [0.25, 0.3) is 0 Å². The van der Waals surface area contributed by atoms with Gasteiger partial charge in [-0.1, -0.05) is 24.3 Å². The maximum Gasteiger partial charge on any atom is 0.260 e. The van der Waals surface area contributed by atoms with Gasteiger partial charge >= 0.3 is 0 Å². The predicted octanol–water partition coefficient (Wildman–Crippen LogP) is 2.22. The second-order valence-corrected chi connectivity index (χ2v) is 6.87. The molecule has 3 rings (SSSR count). The number of piperazine rings is 1. The molecule has 8 heteroatoms. The number of ether oxygens (including phenoxy) is 4. The van der Waals surface area contributed by atoms with Crippen molar-refractivity contribution in [1.29, 1.82) is 0 Å². The fourth-order valence-electron chi connectivity index (χ4n) is 3.25. The number of hydrogen-bond acceptors (Lipinski definition) is 6. The molecule has 0 saturated carbocycles. The molecule has 0 aromatic heterocycles. The second kappa shape index (κ2) is 11.1. The zero-order valence-electron chi connectivity index (χ0n) is 17.9. The molecule has 0 unspecified atom stereocenters. The topological polar surface area (TPSA) is 77.5 Å². The van der Waals surface area contributed by atoms with Crippen LogP contribution in [0.5, 0.6) is 23.0 Å². The summed E-state index contributed by atoms with van der Waals surface area (Å²) in [6.45, 7) is 4.08. The molecule has 1 saturated heterocycles. The fraction of sp³-hybridized carbons (Fsp3) is 0.391. The van der Waals surface area contributed by atoms with E-state index in [1.807, 2.05) is 31.2 Å². The Labute approximate surface area is 182 Å². The van der Waals surface area contributed by atoms with Gasteiger partial charge in [0.25, 0.3) is 11.8 Å². The molecule has 0 spiro atoms. The number of benzene rings is 2. The van der Waals surface area contributed by atoms with Crippen LogP contribution in [0.3, 0.4) is 0 Å². The Morgan fingerprint density at radius 2 is 1.10 bits per heavy atom. The molecule has 31 heavy (non-hydrogen) atoms. The standard InChI is InChI=1S/C23H28N2O6/c1-3-29-20-10-6-7-11-21(20)31-17-23(27)25-14-12-24(13-15-25)22(26)16-30-19-9-5-4-8-18(19)28-2/h4-11H,3,12-17H2,1-2H3. The van der Waals surface area contributed by atoms with E-state index in [2.05, 4.69) is 0 Å². The molecule has 166 valence electrons. The average Bonchev–Trinajstić information content (AvgIpc) is 2.82. The molecule has 1 aliphatic heterocycles. The third-order valence-corrected chi connectivity index (χ3v) is 4.91. The van der Waals surface area contributed by atoms with Crippen LogP contribution in [0.1, 0.15) is 6.92 Å². The van der Waals surface area contributed by atoms with Gasteiger partial charge in [-0.3, -0.25) is 9.59 Å². The zero-order valence-corrected chi connectivity index (χ0v) is 17.9. The second-order valence-electron chi connectivity index (χ2n) is 6.87. The highest BCUT2D eigenvalue weighted by atomic mass is 16.5. The summed E-state index contributed by atoms with van der Waals surface area (Å²) in [6, 6.07) is 14.5. The van der Waals surface area contributed by atoms with Crippen molar-refractivity contribution < 1.29 is 28.5 Å². The van der Waals surface area contributed by atoms with Gasteiger partial charge in [0.15, 0.2) is 36.2 Å². The Bertz CT molecular complexity index is 880. The van der Waals surface area contributed by atoms with Crippen molar-refractivity contribution in [2.45, 2.75) is 6.92 Å². The molecule has 0 bridgehead atoms. The molecule has 1 heterocycles. The minimum absolute atomic E-state index is 0.0745. The van der Waals surface area contributed by atoms with Gasteiger partial charge in [0.2, 0.25) is 0 Å². The molecule has 0 atom stereocenters. The lowest BCUT2D eigenvalue weighted by molar-refractivity contribution is -0.141. The Balaban J connectivity index is 1.43. The number of amides is 2. The van der Waals surface area contributed by atoms with E-state index in [1.54, 1.807) is 41.2 Å². The number of nitrogens with zero attached hydrogens (tertiary/aromatic N) is 2.